The minimum atomic E-state index is -0.561. The Morgan fingerprint density at radius 1 is 1.03 bits per heavy atom. The molecule has 2 atom stereocenters. The minimum Gasteiger partial charge on any atom is -0.481 e. The zero-order chi connectivity index (χ0) is 21.8. The van der Waals surface area contributed by atoms with Gasteiger partial charge in [0.05, 0.1) is 6.04 Å². The molecule has 0 radical (unpaired) electrons. The van der Waals surface area contributed by atoms with E-state index in [9.17, 15) is 4.79 Å². The lowest BCUT2D eigenvalue weighted by Gasteiger charge is -2.37. The summed E-state index contributed by atoms with van der Waals surface area (Å²) in [7, 11) is 0. The second-order valence-corrected chi connectivity index (χ2v) is 8.01. The molecule has 8 heteroatoms. The van der Waals surface area contributed by atoms with E-state index >= 15 is 0 Å². The van der Waals surface area contributed by atoms with E-state index in [0.29, 0.717) is 35.6 Å². The first kappa shape index (κ1) is 21.3. The molecule has 4 rings (SSSR count). The van der Waals surface area contributed by atoms with Crippen LogP contribution in [0.15, 0.2) is 59.1 Å². The van der Waals surface area contributed by atoms with Crippen LogP contribution >= 0.6 is 11.6 Å². The van der Waals surface area contributed by atoms with E-state index in [0.717, 1.165) is 18.7 Å². The summed E-state index contributed by atoms with van der Waals surface area (Å²) in [6.07, 6.45) is -0.561. The number of hydrogen-bond acceptors (Lipinski definition) is 6. The van der Waals surface area contributed by atoms with Crippen LogP contribution in [-0.2, 0) is 4.79 Å². The molecule has 7 nitrogen and oxygen atoms in total. The molecule has 31 heavy (non-hydrogen) atoms. The highest BCUT2D eigenvalue weighted by atomic mass is 35.5. The molecule has 2 aromatic carbocycles. The first-order valence-corrected chi connectivity index (χ1v) is 10.7. The van der Waals surface area contributed by atoms with Crippen molar-refractivity contribution in [1.82, 2.24) is 19.9 Å². The Hall–Kier alpha value is -2.90. The summed E-state index contributed by atoms with van der Waals surface area (Å²) < 4.78 is 11.3. The molecule has 2 heterocycles. The fourth-order valence-corrected chi connectivity index (χ4v) is 3.75. The quantitative estimate of drug-likeness (QED) is 0.575. The SMILES string of the molecule is C[C@H](Oc1ccc(Cl)cc1)C(=O)N1CCN([C@@H](C)c2nc(-c3ccccc3)no2)CC1. The minimum absolute atomic E-state index is 0.0218. The van der Waals surface area contributed by atoms with Gasteiger partial charge in [-0.25, -0.2) is 0 Å². The fraction of sp³-hybridized carbons (Fsp3) is 0.348. The maximum absolute atomic E-state index is 12.8. The van der Waals surface area contributed by atoms with Crippen molar-refractivity contribution in [3.05, 3.63) is 65.5 Å². The maximum atomic E-state index is 12.8. The Balaban J connectivity index is 1.31. The van der Waals surface area contributed by atoms with Gasteiger partial charge in [0.1, 0.15) is 5.75 Å². The molecular formula is C23H25ClN4O3. The molecular weight excluding hydrogens is 416 g/mol. The van der Waals surface area contributed by atoms with Crippen LogP contribution in [0.5, 0.6) is 5.75 Å². The first-order chi connectivity index (χ1) is 15.0. The molecule has 1 amide bonds. The standard InChI is InChI=1S/C23H25ClN4O3/c1-16(22-25-21(26-31-22)18-6-4-3-5-7-18)27-12-14-28(15-13-27)23(29)17(2)30-20-10-8-19(24)9-11-20/h3-11,16-17H,12-15H2,1-2H3/t16-,17-/m0/s1. The van der Waals surface area contributed by atoms with Crippen molar-refractivity contribution in [2.75, 3.05) is 26.2 Å². The van der Waals surface area contributed by atoms with Gasteiger partial charge in [-0.15, -0.1) is 0 Å². The van der Waals surface area contributed by atoms with Crippen molar-refractivity contribution >= 4 is 17.5 Å². The van der Waals surface area contributed by atoms with Crippen LogP contribution in [0.1, 0.15) is 25.8 Å². The Kier molecular flexibility index (Phi) is 6.53. The van der Waals surface area contributed by atoms with Gasteiger partial charge in [0.15, 0.2) is 6.10 Å². The summed E-state index contributed by atoms with van der Waals surface area (Å²) >= 11 is 5.90. The average molecular weight is 441 g/mol. The van der Waals surface area contributed by atoms with Gasteiger partial charge in [-0.05, 0) is 38.1 Å². The van der Waals surface area contributed by atoms with Crippen molar-refractivity contribution in [2.24, 2.45) is 0 Å². The number of ether oxygens (including phenoxy) is 1. The van der Waals surface area contributed by atoms with Gasteiger partial charge in [0.25, 0.3) is 5.91 Å². The van der Waals surface area contributed by atoms with Crippen molar-refractivity contribution in [3.8, 4) is 17.1 Å². The molecule has 1 saturated heterocycles. The fourth-order valence-electron chi connectivity index (χ4n) is 3.62. The average Bonchev–Trinajstić information content (AvgIpc) is 3.31. The Labute approximate surface area is 186 Å². The molecule has 1 aliphatic heterocycles. The van der Waals surface area contributed by atoms with Crippen LogP contribution in [0.2, 0.25) is 5.02 Å². The van der Waals surface area contributed by atoms with Gasteiger partial charge in [-0.1, -0.05) is 47.1 Å². The number of halogens is 1. The van der Waals surface area contributed by atoms with Crippen molar-refractivity contribution in [3.63, 3.8) is 0 Å². The number of piperazine rings is 1. The predicted octanol–water partition coefficient (Wildman–Crippen LogP) is 4.06. The van der Waals surface area contributed by atoms with E-state index in [1.165, 1.54) is 0 Å². The molecule has 0 saturated carbocycles. The summed E-state index contributed by atoms with van der Waals surface area (Å²) in [6.45, 7) is 6.52. The maximum Gasteiger partial charge on any atom is 0.263 e. The second-order valence-electron chi connectivity index (χ2n) is 7.57. The van der Waals surface area contributed by atoms with E-state index in [1.807, 2.05) is 42.2 Å². The summed E-state index contributed by atoms with van der Waals surface area (Å²) in [6, 6.07) is 16.8. The zero-order valence-electron chi connectivity index (χ0n) is 17.6. The van der Waals surface area contributed by atoms with E-state index in [1.54, 1.807) is 31.2 Å². The van der Waals surface area contributed by atoms with Gasteiger partial charge < -0.3 is 14.2 Å². The molecule has 3 aromatic rings. The van der Waals surface area contributed by atoms with E-state index in [4.69, 9.17) is 20.9 Å². The molecule has 0 bridgehead atoms. The zero-order valence-corrected chi connectivity index (χ0v) is 18.3. The van der Waals surface area contributed by atoms with Gasteiger partial charge in [-0.2, -0.15) is 4.98 Å². The van der Waals surface area contributed by atoms with Crippen LogP contribution in [0, 0.1) is 0 Å². The van der Waals surface area contributed by atoms with Crippen molar-refractivity contribution in [2.45, 2.75) is 26.0 Å². The Bertz CT molecular complexity index is 1000. The predicted molar refractivity (Wildman–Crippen MR) is 118 cm³/mol. The third-order valence-corrected chi connectivity index (χ3v) is 5.73. The third-order valence-electron chi connectivity index (χ3n) is 5.48. The van der Waals surface area contributed by atoms with Crippen molar-refractivity contribution < 1.29 is 14.1 Å². The van der Waals surface area contributed by atoms with Gasteiger partial charge in [0, 0.05) is 36.8 Å². The number of carbonyl (C=O) groups excluding carboxylic acids is 1. The number of rotatable bonds is 6. The van der Waals surface area contributed by atoms with Crippen LogP contribution in [0.25, 0.3) is 11.4 Å². The summed E-state index contributed by atoms with van der Waals surface area (Å²) in [5.74, 6) is 1.78. The molecule has 1 aliphatic rings. The van der Waals surface area contributed by atoms with Crippen LogP contribution < -0.4 is 4.74 Å². The number of hydrogen-bond donors (Lipinski definition) is 0. The smallest absolute Gasteiger partial charge is 0.263 e. The van der Waals surface area contributed by atoms with Gasteiger partial charge in [0.2, 0.25) is 11.7 Å². The summed E-state index contributed by atoms with van der Waals surface area (Å²) in [5, 5.41) is 4.74. The van der Waals surface area contributed by atoms with E-state index in [-0.39, 0.29) is 11.9 Å². The van der Waals surface area contributed by atoms with Crippen LogP contribution in [-0.4, -0.2) is 58.1 Å². The lowest BCUT2D eigenvalue weighted by Crippen LogP contribution is -2.52. The van der Waals surface area contributed by atoms with Crippen LogP contribution in [0.4, 0.5) is 0 Å². The lowest BCUT2D eigenvalue weighted by molar-refractivity contribution is -0.140. The molecule has 1 aromatic heterocycles. The summed E-state index contributed by atoms with van der Waals surface area (Å²) in [4.78, 5) is 21.4. The Morgan fingerprint density at radius 2 is 1.71 bits per heavy atom. The molecule has 0 N–H and O–H groups in total. The number of nitrogens with zero attached hydrogens (tertiary/aromatic N) is 4. The Morgan fingerprint density at radius 3 is 2.39 bits per heavy atom. The second kappa shape index (κ2) is 9.49. The normalized spacial score (nSPS) is 16.7. The molecule has 162 valence electrons. The summed E-state index contributed by atoms with van der Waals surface area (Å²) in [5.41, 5.74) is 0.926. The molecule has 0 spiro atoms. The lowest BCUT2D eigenvalue weighted by atomic mass is 10.2. The number of aromatic nitrogens is 2. The highest BCUT2D eigenvalue weighted by Crippen LogP contribution is 2.24. The van der Waals surface area contributed by atoms with Crippen LogP contribution in [0.3, 0.4) is 0 Å². The van der Waals surface area contributed by atoms with E-state index < -0.39 is 6.10 Å². The largest absolute Gasteiger partial charge is 0.481 e. The first-order valence-electron chi connectivity index (χ1n) is 10.4. The number of benzene rings is 2. The monoisotopic (exact) mass is 440 g/mol. The van der Waals surface area contributed by atoms with Gasteiger partial charge >= 0.3 is 0 Å². The number of carbonyl (C=O) groups is 1. The molecule has 0 aliphatic carbocycles. The topological polar surface area (TPSA) is 71.7 Å². The molecule has 0 unspecified atom stereocenters. The highest BCUT2D eigenvalue weighted by Gasteiger charge is 2.30. The van der Waals surface area contributed by atoms with Gasteiger partial charge in [-0.3, -0.25) is 9.69 Å². The highest BCUT2D eigenvalue weighted by molar-refractivity contribution is 6.30. The van der Waals surface area contributed by atoms with E-state index in [2.05, 4.69) is 15.0 Å². The third kappa shape index (κ3) is 5.06. The molecule has 1 fully saturated rings. The number of amides is 1. The van der Waals surface area contributed by atoms with Crippen molar-refractivity contribution in [1.29, 1.82) is 0 Å².